The zero-order valence-electron chi connectivity index (χ0n) is 19.4. The third kappa shape index (κ3) is 15.4. The predicted molar refractivity (Wildman–Crippen MR) is 131 cm³/mol. The normalized spacial score (nSPS) is 11.3. The molecule has 1 aromatic rings. The number of ether oxygens (including phenoxy) is 4. The summed E-state index contributed by atoms with van der Waals surface area (Å²) < 4.78 is 20.9. The average Bonchev–Trinajstić information content (AvgIpc) is 2.74. The fourth-order valence-corrected chi connectivity index (χ4v) is 2.43. The van der Waals surface area contributed by atoms with Gasteiger partial charge in [0.15, 0.2) is 5.78 Å². The number of carbonyl (C=O) groups excluding carboxylic acids is 1. The average molecular weight is 501 g/mol. The molecule has 1 aromatic carbocycles. The third-order valence-corrected chi connectivity index (χ3v) is 3.74. The first kappa shape index (κ1) is 31.1. The molecule has 0 heterocycles. The Morgan fingerprint density at radius 3 is 2.10 bits per heavy atom. The first-order valence-corrected chi connectivity index (χ1v) is 10.8. The molecule has 6 nitrogen and oxygen atoms in total. The highest BCUT2D eigenvalue weighted by Gasteiger charge is 2.19. The molecule has 1 unspecified atom stereocenters. The maximum absolute atomic E-state index is 12.3. The van der Waals surface area contributed by atoms with Crippen molar-refractivity contribution in [1.29, 1.82) is 0 Å². The van der Waals surface area contributed by atoms with Crippen LogP contribution >= 0.6 is 15.9 Å². The van der Waals surface area contributed by atoms with Crippen LogP contribution in [0.25, 0.3) is 0 Å². The number of benzene rings is 1. The second kappa shape index (κ2) is 21.2. The van der Waals surface area contributed by atoms with E-state index in [4.69, 9.17) is 18.9 Å². The lowest BCUT2D eigenvalue weighted by Crippen LogP contribution is -2.10. The van der Waals surface area contributed by atoms with Gasteiger partial charge in [0.25, 0.3) is 0 Å². The van der Waals surface area contributed by atoms with Gasteiger partial charge in [0.2, 0.25) is 0 Å². The summed E-state index contributed by atoms with van der Waals surface area (Å²) >= 11 is 3.35. The lowest BCUT2D eigenvalue weighted by atomic mass is 10.0. The van der Waals surface area contributed by atoms with Crippen molar-refractivity contribution in [2.45, 2.75) is 32.0 Å². The first-order valence-electron chi connectivity index (χ1n) is 9.92. The molecule has 1 rings (SSSR count). The van der Waals surface area contributed by atoms with Gasteiger partial charge in [-0.05, 0) is 20.8 Å². The Labute approximate surface area is 195 Å². The highest BCUT2D eigenvalue weighted by Crippen LogP contribution is 2.34. The summed E-state index contributed by atoms with van der Waals surface area (Å²) in [6.07, 6.45) is 7.81. The molecule has 0 saturated heterocycles. The molecule has 0 spiro atoms. The van der Waals surface area contributed by atoms with Crippen LogP contribution < -0.4 is 9.47 Å². The number of carbonyl (C=O) groups is 1. The summed E-state index contributed by atoms with van der Waals surface area (Å²) in [4.78, 5) is 12.8. The molecule has 0 bridgehead atoms. The maximum Gasteiger partial charge on any atom is 0.174 e. The molecule has 0 aliphatic heterocycles. The molecule has 0 amide bonds. The van der Waals surface area contributed by atoms with Crippen LogP contribution in [0.4, 0.5) is 0 Å². The zero-order chi connectivity index (χ0) is 24.1. The van der Waals surface area contributed by atoms with Crippen LogP contribution in [-0.2, 0) is 9.47 Å². The van der Waals surface area contributed by atoms with Crippen molar-refractivity contribution in [2.75, 3.05) is 40.6 Å². The van der Waals surface area contributed by atoms with Gasteiger partial charge >= 0.3 is 0 Å². The van der Waals surface area contributed by atoms with Gasteiger partial charge in [-0.25, -0.2) is 0 Å². The van der Waals surface area contributed by atoms with Crippen molar-refractivity contribution in [2.24, 2.45) is 0 Å². The molecule has 0 saturated carbocycles. The summed E-state index contributed by atoms with van der Waals surface area (Å²) in [6, 6.07) is 3.00. The molecule has 0 radical (unpaired) electrons. The zero-order valence-corrected chi connectivity index (χ0v) is 20.9. The van der Waals surface area contributed by atoms with Gasteiger partial charge in [0.05, 0.1) is 13.2 Å². The van der Waals surface area contributed by atoms with E-state index >= 15 is 0 Å². The van der Waals surface area contributed by atoms with E-state index < -0.39 is 0 Å². The van der Waals surface area contributed by atoms with Crippen LogP contribution in [0.3, 0.4) is 0 Å². The molecule has 0 fully saturated rings. The Kier molecular flexibility index (Phi) is 21.2. The van der Waals surface area contributed by atoms with E-state index in [0.29, 0.717) is 30.4 Å². The van der Waals surface area contributed by atoms with Crippen molar-refractivity contribution >= 4 is 21.7 Å². The quantitative estimate of drug-likeness (QED) is 0.170. The first-order chi connectivity index (χ1) is 14.9. The number of aromatic hydroxyl groups is 1. The third-order valence-electron chi connectivity index (χ3n) is 3.43. The Balaban J connectivity index is 0. The van der Waals surface area contributed by atoms with E-state index in [1.807, 2.05) is 19.9 Å². The number of hydrogen-bond acceptors (Lipinski definition) is 6. The van der Waals surface area contributed by atoms with Crippen LogP contribution in [0.1, 0.15) is 37.6 Å². The Hall–Kier alpha value is -2.09. The molecule has 0 aliphatic rings. The minimum atomic E-state index is -0.226. The van der Waals surface area contributed by atoms with Crippen molar-refractivity contribution in [3.63, 3.8) is 0 Å². The van der Waals surface area contributed by atoms with Crippen LogP contribution in [0.15, 0.2) is 49.6 Å². The van der Waals surface area contributed by atoms with E-state index in [2.05, 4.69) is 42.1 Å². The van der Waals surface area contributed by atoms with Gasteiger partial charge < -0.3 is 24.1 Å². The van der Waals surface area contributed by atoms with Gasteiger partial charge in [-0.3, -0.25) is 4.79 Å². The van der Waals surface area contributed by atoms with E-state index in [1.165, 1.54) is 6.07 Å². The fraction of sp³-hybridized carbons (Fsp3) is 0.458. The number of hydrogen-bond donors (Lipinski definition) is 1. The molecule has 1 N–H and O–H groups in total. The lowest BCUT2D eigenvalue weighted by Gasteiger charge is -2.14. The summed E-state index contributed by atoms with van der Waals surface area (Å²) in [5.74, 6) is 0.303. The summed E-state index contributed by atoms with van der Waals surface area (Å²) in [5, 5.41) is 10.2. The van der Waals surface area contributed by atoms with Crippen molar-refractivity contribution in [1.82, 2.24) is 0 Å². The lowest BCUT2D eigenvalue weighted by molar-refractivity contribution is 0.0984. The van der Waals surface area contributed by atoms with Crippen LogP contribution in [-0.4, -0.2) is 56.4 Å². The predicted octanol–water partition coefficient (Wildman–Crippen LogP) is 5.74. The molecule has 176 valence electrons. The fourth-order valence-electron chi connectivity index (χ4n) is 2.12. The minimum Gasteiger partial charge on any atom is -0.507 e. The van der Waals surface area contributed by atoms with E-state index in [0.717, 1.165) is 0 Å². The maximum atomic E-state index is 12.3. The van der Waals surface area contributed by atoms with Crippen molar-refractivity contribution < 1.29 is 28.8 Å². The molecular formula is C24H37BrO6. The Bertz CT molecular complexity index is 656. The highest BCUT2D eigenvalue weighted by atomic mass is 79.9. The van der Waals surface area contributed by atoms with Crippen LogP contribution in [0.5, 0.6) is 17.2 Å². The van der Waals surface area contributed by atoms with Crippen molar-refractivity contribution in [3.05, 3.63) is 55.2 Å². The number of Topliss-reactive ketones (excluding diaryl/α,β-unsaturated/α-hetero) is 1. The van der Waals surface area contributed by atoms with Gasteiger partial charge in [-0.1, -0.05) is 40.2 Å². The second-order valence-electron chi connectivity index (χ2n) is 5.90. The van der Waals surface area contributed by atoms with E-state index in [1.54, 1.807) is 32.4 Å². The summed E-state index contributed by atoms with van der Waals surface area (Å²) in [6.45, 7) is 13.3. The molecule has 0 aliphatic carbocycles. The van der Waals surface area contributed by atoms with Crippen LogP contribution in [0.2, 0.25) is 0 Å². The van der Waals surface area contributed by atoms with Gasteiger partial charge in [-0.2, -0.15) is 0 Å². The summed E-state index contributed by atoms with van der Waals surface area (Å²) in [7, 11) is 3.13. The molecule has 7 heteroatoms. The second-order valence-corrected chi connectivity index (χ2v) is 7.34. The molecular weight excluding hydrogens is 464 g/mol. The summed E-state index contributed by atoms with van der Waals surface area (Å²) in [5.41, 5.74) is 0.151. The molecule has 0 aromatic heterocycles. The highest BCUT2D eigenvalue weighted by molar-refractivity contribution is 9.09. The number of allylic oxidation sites excluding steroid dienone is 4. The number of rotatable bonds is 12. The Morgan fingerprint density at radius 1 is 1.06 bits per heavy atom. The minimum absolute atomic E-state index is 0.151. The SMILES string of the molecule is C/C=C/CC(=O)c1c(O)cc(OCCOC)cc1OCCOC.C/C=C\C(C)Br.C=C. The Morgan fingerprint density at radius 2 is 1.65 bits per heavy atom. The molecule has 1 atom stereocenters. The van der Waals surface area contributed by atoms with Gasteiger partial charge in [0.1, 0.15) is 36.0 Å². The van der Waals surface area contributed by atoms with Gasteiger partial charge in [0, 0.05) is 37.6 Å². The number of phenolic OH excluding ortho intramolecular Hbond substituents is 1. The largest absolute Gasteiger partial charge is 0.507 e. The van der Waals surface area contributed by atoms with Gasteiger partial charge in [-0.15, -0.1) is 13.2 Å². The number of ketones is 1. The number of halogens is 1. The number of methoxy groups -OCH3 is 2. The standard InChI is InChI=1S/C17H24O6.C5H9Br.C2H4/c1-4-5-6-14(18)17-15(19)11-13(22-9-7-20-2)12-16(17)23-10-8-21-3;1-3-4-5(2)6;1-2/h4-5,11-12,19H,6-10H2,1-3H3;3-5H,1-2H3;1-2H2/b5-4+;4-3-;. The topological polar surface area (TPSA) is 74.2 Å². The number of phenols is 1. The van der Waals surface area contributed by atoms with E-state index in [9.17, 15) is 9.90 Å². The molecule has 31 heavy (non-hydrogen) atoms. The smallest absolute Gasteiger partial charge is 0.174 e. The van der Waals surface area contributed by atoms with Crippen molar-refractivity contribution in [3.8, 4) is 17.2 Å². The number of alkyl halides is 1. The van der Waals surface area contributed by atoms with E-state index in [-0.39, 0.29) is 35.9 Å². The van der Waals surface area contributed by atoms with Crippen LogP contribution in [0, 0.1) is 0 Å². The monoisotopic (exact) mass is 500 g/mol.